The molecule has 0 unspecified atom stereocenters. The van der Waals surface area contributed by atoms with E-state index in [0.29, 0.717) is 6.61 Å². The van der Waals surface area contributed by atoms with Crippen LogP contribution in [0, 0.1) is 5.41 Å². The maximum absolute atomic E-state index is 5.26. The van der Waals surface area contributed by atoms with Crippen LogP contribution in [-0.2, 0) is 11.4 Å². The molecule has 0 fully saturated rings. The predicted molar refractivity (Wildman–Crippen MR) is 61.7 cm³/mol. The molecule has 78 valence electrons. The molecule has 0 radical (unpaired) electrons. The fourth-order valence-electron chi connectivity index (χ4n) is 0.715. The lowest BCUT2D eigenvalue weighted by Gasteiger charge is -2.16. The quantitative estimate of drug-likeness (QED) is 0.552. The Hall–Kier alpha value is -0.830. The zero-order chi connectivity index (χ0) is 10.6. The summed E-state index contributed by atoms with van der Waals surface area (Å²) in [6, 6.07) is 2.05. The molecule has 0 saturated carbocycles. The van der Waals surface area contributed by atoms with Crippen molar-refractivity contribution in [2.45, 2.75) is 34.3 Å². The smallest absolute Gasteiger partial charge is 0.143 e. The highest BCUT2D eigenvalue weighted by Crippen LogP contribution is 2.16. The second-order valence-corrected chi connectivity index (χ2v) is 5.11. The molecule has 14 heavy (non-hydrogen) atoms. The summed E-state index contributed by atoms with van der Waals surface area (Å²) < 4.78 is 0. The summed E-state index contributed by atoms with van der Waals surface area (Å²) >= 11 is 1.68. The van der Waals surface area contributed by atoms with E-state index in [4.69, 9.17) is 4.84 Å². The van der Waals surface area contributed by atoms with Crippen molar-refractivity contribution in [3.8, 4) is 0 Å². The Labute approximate surface area is 89.6 Å². The number of rotatable bonds is 3. The third-order valence-corrected chi connectivity index (χ3v) is 2.83. The van der Waals surface area contributed by atoms with Gasteiger partial charge in [-0.1, -0.05) is 25.9 Å². The Kier molecular flexibility index (Phi) is 3.69. The molecule has 0 bridgehead atoms. The maximum Gasteiger partial charge on any atom is 0.143 e. The van der Waals surface area contributed by atoms with Gasteiger partial charge in [-0.05, 0) is 23.8 Å². The van der Waals surface area contributed by atoms with E-state index in [1.807, 2.05) is 18.4 Å². The van der Waals surface area contributed by atoms with Crippen LogP contribution in [0.2, 0.25) is 0 Å². The number of thiophene rings is 1. The van der Waals surface area contributed by atoms with Gasteiger partial charge >= 0.3 is 0 Å². The Bertz CT molecular complexity index is 296. The van der Waals surface area contributed by atoms with Gasteiger partial charge in [0.05, 0.1) is 5.71 Å². The molecule has 0 spiro atoms. The number of hydrogen-bond acceptors (Lipinski definition) is 3. The molecule has 2 nitrogen and oxygen atoms in total. The number of hydrogen-bond donors (Lipinski definition) is 0. The molecule has 0 aliphatic heterocycles. The summed E-state index contributed by atoms with van der Waals surface area (Å²) in [5, 5.41) is 8.20. The lowest BCUT2D eigenvalue weighted by atomic mass is 9.91. The van der Waals surface area contributed by atoms with Crippen LogP contribution in [0.5, 0.6) is 0 Å². The van der Waals surface area contributed by atoms with Crippen molar-refractivity contribution >= 4 is 17.0 Å². The molecular formula is C11H17NOS. The van der Waals surface area contributed by atoms with Gasteiger partial charge in [-0.3, -0.25) is 0 Å². The summed E-state index contributed by atoms with van der Waals surface area (Å²) in [5.41, 5.74) is 2.29. The van der Waals surface area contributed by atoms with Crippen LogP contribution < -0.4 is 0 Å². The molecule has 0 saturated heterocycles. The van der Waals surface area contributed by atoms with Crippen LogP contribution >= 0.6 is 11.3 Å². The Balaban J connectivity index is 2.41. The molecular weight excluding hydrogens is 194 g/mol. The second kappa shape index (κ2) is 4.60. The van der Waals surface area contributed by atoms with Crippen molar-refractivity contribution in [1.29, 1.82) is 0 Å². The molecule has 0 aliphatic rings. The summed E-state index contributed by atoms with van der Waals surface area (Å²) in [6.45, 7) is 8.93. The highest BCUT2D eigenvalue weighted by Gasteiger charge is 2.14. The van der Waals surface area contributed by atoms with Gasteiger partial charge in [-0.2, -0.15) is 11.3 Å². The first-order valence-corrected chi connectivity index (χ1v) is 5.62. The van der Waals surface area contributed by atoms with E-state index in [2.05, 4.69) is 31.3 Å². The average Bonchev–Trinajstić information content (AvgIpc) is 2.55. The molecule has 1 aromatic rings. The molecule has 0 aromatic carbocycles. The highest BCUT2D eigenvalue weighted by atomic mass is 32.1. The Morgan fingerprint density at radius 1 is 1.50 bits per heavy atom. The second-order valence-electron chi connectivity index (χ2n) is 4.33. The molecule has 0 amide bonds. The Morgan fingerprint density at radius 3 is 2.71 bits per heavy atom. The van der Waals surface area contributed by atoms with E-state index in [-0.39, 0.29) is 5.41 Å². The summed E-state index contributed by atoms with van der Waals surface area (Å²) in [7, 11) is 0. The van der Waals surface area contributed by atoms with E-state index in [1.54, 1.807) is 11.3 Å². The van der Waals surface area contributed by atoms with Crippen LogP contribution in [0.3, 0.4) is 0 Å². The lowest BCUT2D eigenvalue weighted by molar-refractivity contribution is 0.128. The third-order valence-electron chi connectivity index (χ3n) is 2.10. The number of nitrogens with zero attached hydrogens (tertiary/aromatic N) is 1. The molecule has 3 heteroatoms. The van der Waals surface area contributed by atoms with Crippen molar-refractivity contribution < 1.29 is 4.84 Å². The minimum atomic E-state index is 0.0919. The van der Waals surface area contributed by atoms with Gasteiger partial charge in [-0.15, -0.1) is 0 Å². The van der Waals surface area contributed by atoms with Gasteiger partial charge < -0.3 is 4.84 Å². The van der Waals surface area contributed by atoms with Crippen LogP contribution in [0.25, 0.3) is 0 Å². The van der Waals surface area contributed by atoms with E-state index in [1.165, 1.54) is 5.56 Å². The molecule has 0 atom stereocenters. The van der Waals surface area contributed by atoms with Gasteiger partial charge in [0.15, 0.2) is 0 Å². The minimum absolute atomic E-state index is 0.0919. The van der Waals surface area contributed by atoms with Gasteiger partial charge in [0.1, 0.15) is 6.61 Å². The van der Waals surface area contributed by atoms with Gasteiger partial charge in [0.2, 0.25) is 0 Å². The van der Waals surface area contributed by atoms with Crippen LogP contribution in [0.4, 0.5) is 0 Å². The van der Waals surface area contributed by atoms with E-state index in [0.717, 1.165) is 5.71 Å². The van der Waals surface area contributed by atoms with Crippen molar-refractivity contribution in [3.05, 3.63) is 22.4 Å². The molecule has 0 aliphatic carbocycles. The third kappa shape index (κ3) is 3.50. The molecule has 0 N–H and O–H groups in total. The van der Waals surface area contributed by atoms with Crippen LogP contribution in [0.15, 0.2) is 22.0 Å². The standard InChI is InChI=1S/C11H17NOS/c1-9(11(2,3)4)12-13-7-10-5-6-14-8-10/h5-6,8H,7H2,1-4H3/b12-9+. The van der Waals surface area contributed by atoms with E-state index < -0.39 is 0 Å². The summed E-state index contributed by atoms with van der Waals surface area (Å²) in [6.07, 6.45) is 0. The van der Waals surface area contributed by atoms with Gasteiger partial charge in [0.25, 0.3) is 0 Å². The highest BCUT2D eigenvalue weighted by molar-refractivity contribution is 7.07. The van der Waals surface area contributed by atoms with Gasteiger partial charge in [-0.25, -0.2) is 0 Å². The molecule has 1 aromatic heterocycles. The number of oxime groups is 1. The Morgan fingerprint density at radius 2 is 2.21 bits per heavy atom. The van der Waals surface area contributed by atoms with Crippen molar-refractivity contribution in [3.63, 3.8) is 0 Å². The lowest BCUT2D eigenvalue weighted by Crippen LogP contribution is -2.16. The van der Waals surface area contributed by atoms with Crippen LogP contribution in [0.1, 0.15) is 33.3 Å². The fraction of sp³-hybridized carbons (Fsp3) is 0.545. The van der Waals surface area contributed by atoms with Crippen molar-refractivity contribution in [2.24, 2.45) is 10.6 Å². The van der Waals surface area contributed by atoms with Crippen molar-refractivity contribution in [2.75, 3.05) is 0 Å². The first-order valence-electron chi connectivity index (χ1n) is 4.68. The topological polar surface area (TPSA) is 21.6 Å². The minimum Gasteiger partial charge on any atom is -0.391 e. The predicted octanol–water partition coefficient (Wildman–Crippen LogP) is 3.69. The first-order chi connectivity index (χ1) is 6.50. The van der Waals surface area contributed by atoms with E-state index >= 15 is 0 Å². The normalized spacial score (nSPS) is 13.0. The summed E-state index contributed by atoms with van der Waals surface area (Å²) in [5.74, 6) is 0. The molecule has 1 heterocycles. The zero-order valence-electron chi connectivity index (χ0n) is 9.20. The zero-order valence-corrected chi connectivity index (χ0v) is 10.0. The summed E-state index contributed by atoms with van der Waals surface area (Å²) in [4.78, 5) is 5.26. The van der Waals surface area contributed by atoms with E-state index in [9.17, 15) is 0 Å². The largest absolute Gasteiger partial charge is 0.391 e. The SMILES string of the molecule is C/C(=N\OCc1ccsc1)C(C)(C)C. The fourth-order valence-corrected chi connectivity index (χ4v) is 1.37. The van der Waals surface area contributed by atoms with Crippen molar-refractivity contribution in [1.82, 2.24) is 0 Å². The van der Waals surface area contributed by atoms with Crippen LogP contribution in [-0.4, -0.2) is 5.71 Å². The monoisotopic (exact) mass is 211 g/mol. The maximum atomic E-state index is 5.26. The van der Waals surface area contributed by atoms with Gasteiger partial charge in [0, 0.05) is 11.0 Å². The first kappa shape index (κ1) is 11.2. The molecule has 1 rings (SSSR count). The average molecular weight is 211 g/mol.